The van der Waals surface area contributed by atoms with E-state index in [-0.39, 0.29) is 11.9 Å². The van der Waals surface area contributed by atoms with Gasteiger partial charge in [-0.15, -0.1) is 0 Å². The normalized spacial score (nSPS) is 17.4. The van der Waals surface area contributed by atoms with Crippen molar-refractivity contribution >= 4 is 34.6 Å². The molecule has 0 unspecified atom stereocenters. The van der Waals surface area contributed by atoms with E-state index in [2.05, 4.69) is 44.2 Å². The number of hydroxylamine groups is 1. The van der Waals surface area contributed by atoms with E-state index in [1.54, 1.807) is 7.11 Å². The van der Waals surface area contributed by atoms with Gasteiger partial charge in [-0.2, -0.15) is 0 Å². The minimum atomic E-state index is -0.298. The Kier molecular flexibility index (Phi) is 7.48. The van der Waals surface area contributed by atoms with Gasteiger partial charge in [-0.25, -0.2) is 15.0 Å². The lowest BCUT2D eigenvalue weighted by Crippen LogP contribution is -2.36. The molecule has 2 aliphatic rings. The summed E-state index contributed by atoms with van der Waals surface area (Å²) in [4.78, 5) is 29.2. The molecule has 0 spiro atoms. The van der Waals surface area contributed by atoms with Crippen LogP contribution >= 0.6 is 0 Å². The van der Waals surface area contributed by atoms with Crippen LogP contribution in [-0.2, 0) is 14.4 Å². The van der Waals surface area contributed by atoms with Crippen molar-refractivity contribution in [3.63, 3.8) is 0 Å². The highest BCUT2D eigenvalue weighted by Crippen LogP contribution is 2.39. The Morgan fingerprint density at radius 3 is 2.68 bits per heavy atom. The third kappa shape index (κ3) is 5.50. The third-order valence-electron chi connectivity index (χ3n) is 6.34. The summed E-state index contributed by atoms with van der Waals surface area (Å²) in [5, 5.41) is 8.07. The first-order valence-corrected chi connectivity index (χ1v) is 12.2. The van der Waals surface area contributed by atoms with Crippen molar-refractivity contribution in [1.82, 2.24) is 9.97 Å². The minimum absolute atomic E-state index is 0.0620. The summed E-state index contributed by atoms with van der Waals surface area (Å²) in [5.74, 6) is 1.52. The second-order valence-electron chi connectivity index (χ2n) is 8.62. The van der Waals surface area contributed by atoms with Crippen molar-refractivity contribution in [2.45, 2.75) is 12.5 Å². The zero-order valence-corrected chi connectivity index (χ0v) is 20.7. The maximum absolute atomic E-state index is 12.2. The van der Waals surface area contributed by atoms with Crippen LogP contribution in [0.5, 0.6) is 5.75 Å². The van der Waals surface area contributed by atoms with E-state index >= 15 is 0 Å². The molecule has 10 nitrogen and oxygen atoms in total. The van der Waals surface area contributed by atoms with Crippen LogP contribution in [0, 0.1) is 0 Å². The fraction of sp³-hybridized carbons (Fsp3) is 0.296. The van der Waals surface area contributed by atoms with Gasteiger partial charge in [0.15, 0.2) is 5.82 Å². The summed E-state index contributed by atoms with van der Waals surface area (Å²) in [6, 6.07) is 15.9. The number of hydrogen-bond acceptors (Lipinski definition) is 9. The van der Waals surface area contributed by atoms with Crippen molar-refractivity contribution in [2.75, 3.05) is 60.6 Å². The quantitative estimate of drug-likeness (QED) is 0.441. The highest BCUT2D eigenvalue weighted by molar-refractivity contribution is 6.02. The number of hydrogen-bond donors (Lipinski definition) is 2. The molecule has 2 aromatic carbocycles. The van der Waals surface area contributed by atoms with E-state index in [1.165, 1.54) is 12.4 Å². The maximum atomic E-state index is 12.2. The van der Waals surface area contributed by atoms with Crippen LogP contribution in [0.25, 0.3) is 0 Å². The van der Waals surface area contributed by atoms with Crippen molar-refractivity contribution in [3.8, 4) is 5.75 Å². The summed E-state index contributed by atoms with van der Waals surface area (Å²) >= 11 is 0. The van der Waals surface area contributed by atoms with Crippen LogP contribution in [-0.4, -0.2) is 55.9 Å². The molecular formula is C27H30N6O4. The van der Waals surface area contributed by atoms with Gasteiger partial charge >= 0.3 is 0 Å². The van der Waals surface area contributed by atoms with Crippen molar-refractivity contribution in [3.05, 3.63) is 73.1 Å². The van der Waals surface area contributed by atoms with Gasteiger partial charge in [-0.05, 0) is 17.7 Å². The van der Waals surface area contributed by atoms with Gasteiger partial charge in [0.05, 0.1) is 50.0 Å². The van der Waals surface area contributed by atoms with E-state index in [0.29, 0.717) is 61.7 Å². The Hall–Kier alpha value is -4.15. The zero-order chi connectivity index (χ0) is 25.6. The number of nitrogens with zero attached hydrogens (tertiary/aromatic N) is 4. The van der Waals surface area contributed by atoms with Crippen LogP contribution in [0.1, 0.15) is 18.0 Å². The molecule has 2 aliphatic heterocycles. The van der Waals surface area contributed by atoms with Gasteiger partial charge in [-0.3, -0.25) is 9.63 Å². The van der Waals surface area contributed by atoms with E-state index in [0.717, 1.165) is 17.7 Å². The molecule has 0 saturated carbocycles. The molecule has 10 heteroatoms. The number of rotatable bonds is 8. The number of amides is 1. The van der Waals surface area contributed by atoms with E-state index in [9.17, 15) is 4.79 Å². The Balaban J connectivity index is 1.44. The predicted molar refractivity (Wildman–Crippen MR) is 142 cm³/mol. The van der Waals surface area contributed by atoms with Crippen molar-refractivity contribution in [1.29, 1.82) is 0 Å². The van der Waals surface area contributed by atoms with Crippen molar-refractivity contribution < 1.29 is 19.1 Å². The number of ether oxygens (including phenoxy) is 2. The highest BCUT2D eigenvalue weighted by Gasteiger charge is 2.29. The predicted octanol–water partition coefficient (Wildman–Crippen LogP) is 4.07. The average molecular weight is 503 g/mol. The first-order valence-electron chi connectivity index (χ1n) is 12.2. The molecule has 3 aromatic rings. The molecule has 0 aliphatic carbocycles. The third-order valence-corrected chi connectivity index (χ3v) is 6.34. The van der Waals surface area contributed by atoms with Gasteiger partial charge in [0.25, 0.3) is 0 Å². The highest BCUT2D eigenvalue weighted by atomic mass is 16.7. The first kappa shape index (κ1) is 24.5. The molecule has 0 bridgehead atoms. The van der Waals surface area contributed by atoms with Crippen LogP contribution in [0.15, 0.2) is 67.5 Å². The van der Waals surface area contributed by atoms with Crippen LogP contribution < -0.4 is 25.3 Å². The van der Waals surface area contributed by atoms with Crippen molar-refractivity contribution in [2.24, 2.45) is 0 Å². The molecule has 5 rings (SSSR count). The molecule has 2 N–H and O–H groups in total. The van der Waals surface area contributed by atoms with Crippen LogP contribution in [0.4, 0.5) is 28.7 Å². The lowest BCUT2D eigenvalue weighted by Gasteiger charge is -2.31. The number of carbonyl (C=O) groups is 1. The number of anilines is 5. The Bertz CT molecular complexity index is 1250. The molecule has 1 aromatic heterocycles. The minimum Gasteiger partial charge on any atom is -0.494 e. The van der Waals surface area contributed by atoms with Gasteiger partial charge in [0.2, 0.25) is 5.91 Å². The van der Waals surface area contributed by atoms with Gasteiger partial charge in [0.1, 0.15) is 17.9 Å². The molecule has 37 heavy (non-hydrogen) atoms. The van der Waals surface area contributed by atoms with E-state index in [4.69, 9.17) is 14.3 Å². The smallest absolute Gasteiger partial charge is 0.247 e. The number of nitrogens with one attached hydrogen (secondary N) is 2. The number of benzene rings is 2. The Labute approximate surface area is 215 Å². The fourth-order valence-corrected chi connectivity index (χ4v) is 4.53. The molecule has 0 radical (unpaired) electrons. The standard InChI is InChI=1S/C27H30N6O4/c1-3-27(34)31-20-15-21(24(35-2)16-23(20)32-10-13-36-14-11-32)30-25-17-26(29-18-28-25)33-22(9-12-37-33)19-7-5-4-6-8-19/h3-8,15-18,22H,1,9-14H2,2H3,(H,31,34)(H,28,29,30)/t22-/m1/s1. The molecular weight excluding hydrogens is 472 g/mol. The lowest BCUT2D eigenvalue weighted by atomic mass is 10.0. The molecule has 2 saturated heterocycles. The first-order chi connectivity index (χ1) is 18.2. The maximum Gasteiger partial charge on any atom is 0.247 e. The molecule has 2 fully saturated rings. The number of aromatic nitrogens is 2. The zero-order valence-electron chi connectivity index (χ0n) is 20.7. The number of methoxy groups -OCH3 is 1. The molecule has 3 heterocycles. The fourth-order valence-electron chi connectivity index (χ4n) is 4.53. The van der Waals surface area contributed by atoms with Gasteiger partial charge < -0.3 is 25.0 Å². The van der Waals surface area contributed by atoms with Crippen LogP contribution in [0.2, 0.25) is 0 Å². The van der Waals surface area contributed by atoms with Gasteiger partial charge in [-0.1, -0.05) is 36.9 Å². The summed E-state index contributed by atoms with van der Waals surface area (Å²) in [6.45, 7) is 6.83. The van der Waals surface area contributed by atoms with Gasteiger partial charge in [0, 0.05) is 31.6 Å². The van der Waals surface area contributed by atoms with Crippen LogP contribution in [0.3, 0.4) is 0 Å². The van der Waals surface area contributed by atoms with E-state index in [1.807, 2.05) is 41.5 Å². The number of carbonyl (C=O) groups excluding carboxylic acids is 1. The second-order valence-corrected chi connectivity index (χ2v) is 8.62. The summed E-state index contributed by atoms with van der Waals surface area (Å²) < 4.78 is 11.2. The average Bonchev–Trinajstić information content (AvgIpc) is 3.44. The monoisotopic (exact) mass is 502 g/mol. The summed E-state index contributed by atoms with van der Waals surface area (Å²) in [5.41, 5.74) is 3.29. The topological polar surface area (TPSA) is 101 Å². The largest absolute Gasteiger partial charge is 0.494 e. The Morgan fingerprint density at radius 1 is 1.11 bits per heavy atom. The van der Waals surface area contributed by atoms with E-state index < -0.39 is 0 Å². The Morgan fingerprint density at radius 2 is 1.92 bits per heavy atom. The summed E-state index contributed by atoms with van der Waals surface area (Å²) in [6.07, 6.45) is 3.60. The number of morpholine rings is 1. The molecule has 1 amide bonds. The lowest BCUT2D eigenvalue weighted by molar-refractivity contribution is -0.111. The SMILES string of the molecule is C=CC(=O)Nc1cc(Nc2cc(N3OCC[C@@H]3c3ccccc3)ncn2)c(OC)cc1N1CCOCC1. The molecule has 192 valence electrons. The summed E-state index contributed by atoms with van der Waals surface area (Å²) in [7, 11) is 1.61. The second kappa shape index (κ2) is 11.3. The molecule has 1 atom stereocenters.